The number of likely N-dealkylation sites (tertiary alicyclic amines) is 1. The minimum Gasteiger partial charge on any atom is -0.342 e. The quantitative estimate of drug-likeness (QED) is 0.900. The summed E-state index contributed by atoms with van der Waals surface area (Å²) in [5.41, 5.74) is 0. The predicted octanol–water partition coefficient (Wildman–Crippen LogP) is 2.07. The normalized spacial score (nSPS) is 24.1. The zero-order chi connectivity index (χ0) is 15.4. The number of nitrogens with one attached hydrogen (secondary N) is 1. The number of nitrogens with zero attached hydrogens (tertiary/aromatic N) is 3. The maximum absolute atomic E-state index is 11.9. The first-order chi connectivity index (χ1) is 10.0. The van der Waals surface area contributed by atoms with Crippen LogP contribution in [0.3, 0.4) is 0 Å². The van der Waals surface area contributed by atoms with E-state index in [9.17, 15) is 4.79 Å². The average molecular weight is 294 g/mol. The molecule has 21 heavy (non-hydrogen) atoms. The SMILES string of the molecule is CCC(=O)N1CC[C@H](N[C@H](C)c2nc(C)no2)[C@H](CC)C1. The number of aryl methyl sites for hydroxylation is 1. The highest BCUT2D eigenvalue weighted by molar-refractivity contribution is 5.75. The van der Waals surface area contributed by atoms with Gasteiger partial charge in [0, 0.05) is 25.6 Å². The molecule has 2 rings (SSSR count). The van der Waals surface area contributed by atoms with E-state index in [4.69, 9.17) is 4.52 Å². The van der Waals surface area contributed by atoms with Crippen LogP contribution in [0.25, 0.3) is 0 Å². The summed E-state index contributed by atoms with van der Waals surface area (Å²) in [6.45, 7) is 9.65. The molecule has 6 nitrogen and oxygen atoms in total. The summed E-state index contributed by atoms with van der Waals surface area (Å²) in [4.78, 5) is 18.1. The smallest absolute Gasteiger partial charge is 0.243 e. The van der Waals surface area contributed by atoms with Crippen molar-refractivity contribution in [1.29, 1.82) is 0 Å². The molecule has 1 aromatic rings. The molecule has 0 radical (unpaired) electrons. The van der Waals surface area contributed by atoms with Crippen LogP contribution >= 0.6 is 0 Å². The molecule has 1 aliphatic rings. The van der Waals surface area contributed by atoms with Crippen molar-refractivity contribution in [3.63, 3.8) is 0 Å². The van der Waals surface area contributed by atoms with Crippen molar-refractivity contribution < 1.29 is 9.32 Å². The van der Waals surface area contributed by atoms with Crippen LogP contribution in [-0.2, 0) is 4.79 Å². The number of carbonyl (C=O) groups is 1. The monoisotopic (exact) mass is 294 g/mol. The lowest BCUT2D eigenvalue weighted by molar-refractivity contribution is -0.133. The Morgan fingerprint density at radius 1 is 1.52 bits per heavy atom. The Bertz CT molecular complexity index is 474. The van der Waals surface area contributed by atoms with Crippen molar-refractivity contribution in [2.45, 2.75) is 59.0 Å². The van der Waals surface area contributed by atoms with Crippen LogP contribution in [0.5, 0.6) is 0 Å². The molecule has 1 aliphatic heterocycles. The average Bonchev–Trinajstić information content (AvgIpc) is 2.93. The maximum atomic E-state index is 11.9. The van der Waals surface area contributed by atoms with Gasteiger partial charge in [0.25, 0.3) is 0 Å². The van der Waals surface area contributed by atoms with Crippen LogP contribution in [0, 0.1) is 12.8 Å². The summed E-state index contributed by atoms with van der Waals surface area (Å²) >= 11 is 0. The van der Waals surface area contributed by atoms with Crippen LogP contribution in [0.15, 0.2) is 4.52 Å². The fourth-order valence-electron chi connectivity index (χ4n) is 3.00. The second-order valence-corrected chi connectivity index (χ2v) is 5.82. The molecule has 1 fully saturated rings. The van der Waals surface area contributed by atoms with Crippen molar-refractivity contribution in [2.24, 2.45) is 5.92 Å². The Labute approximate surface area is 126 Å². The van der Waals surface area contributed by atoms with Crippen LogP contribution in [0.4, 0.5) is 0 Å². The number of rotatable bonds is 5. The van der Waals surface area contributed by atoms with Gasteiger partial charge in [-0.1, -0.05) is 25.4 Å². The summed E-state index contributed by atoms with van der Waals surface area (Å²) in [6.07, 6.45) is 2.62. The Morgan fingerprint density at radius 3 is 2.86 bits per heavy atom. The summed E-state index contributed by atoms with van der Waals surface area (Å²) in [6, 6.07) is 0.428. The second kappa shape index (κ2) is 7.02. The zero-order valence-corrected chi connectivity index (χ0v) is 13.4. The van der Waals surface area contributed by atoms with E-state index in [1.54, 1.807) is 0 Å². The van der Waals surface area contributed by atoms with Gasteiger partial charge in [-0.3, -0.25) is 4.79 Å². The Balaban J connectivity index is 1.95. The molecule has 1 N–H and O–H groups in total. The molecule has 6 heteroatoms. The minimum atomic E-state index is 0.0404. The van der Waals surface area contributed by atoms with Crippen molar-refractivity contribution in [3.05, 3.63) is 11.7 Å². The van der Waals surface area contributed by atoms with Gasteiger partial charge in [-0.25, -0.2) is 0 Å². The van der Waals surface area contributed by atoms with E-state index in [1.165, 1.54) is 0 Å². The number of amides is 1. The molecule has 1 aromatic heterocycles. The number of hydrogen-bond acceptors (Lipinski definition) is 5. The van der Waals surface area contributed by atoms with Crippen molar-refractivity contribution >= 4 is 5.91 Å². The molecule has 1 saturated heterocycles. The Hall–Kier alpha value is -1.43. The van der Waals surface area contributed by atoms with Crippen LogP contribution in [0.2, 0.25) is 0 Å². The number of aromatic nitrogens is 2. The lowest BCUT2D eigenvalue weighted by atomic mass is 9.89. The van der Waals surface area contributed by atoms with E-state index in [1.807, 2.05) is 25.7 Å². The van der Waals surface area contributed by atoms with E-state index in [0.717, 1.165) is 25.9 Å². The largest absolute Gasteiger partial charge is 0.342 e. The highest BCUT2D eigenvalue weighted by Gasteiger charge is 2.31. The Kier molecular flexibility index (Phi) is 5.33. The van der Waals surface area contributed by atoms with Gasteiger partial charge >= 0.3 is 0 Å². The number of hydrogen-bond donors (Lipinski definition) is 1. The molecule has 0 aromatic carbocycles. The van der Waals surface area contributed by atoms with Crippen LogP contribution in [0.1, 0.15) is 57.8 Å². The number of carbonyl (C=O) groups excluding carboxylic acids is 1. The third kappa shape index (κ3) is 3.81. The van der Waals surface area contributed by atoms with Gasteiger partial charge < -0.3 is 14.7 Å². The fraction of sp³-hybridized carbons (Fsp3) is 0.800. The lowest BCUT2D eigenvalue weighted by Crippen LogP contribution is -2.51. The summed E-state index contributed by atoms with van der Waals surface area (Å²) < 4.78 is 5.23. The maximum Gasteiger partial charge on any atom is 0.243 e. The van der Waals surface area contributed by atoms with Crippen LogP contribution < -0.4 is 5.32 Å². The second-order valence-electron chi connectivity index (χ2n) is 5.82. The number of piperidine rings is 1. The van der Waals surface area contributed by atoms with E-state index in [2.05, 4.69) is 22.4 Å². The molecule has 1 amide bonds. The van der Waals surface area contributed by atoms with E-state index in [0.29, 0.717) is 30.1 Å². The molecule has 0 spiro atoms. The van der Waals surface area contributed by atoms with E-state index in [-0.39, 0.29) is 11.9 Å². The molecular weight excluding hydrogens is 268 g/mol. The topological polar surface area (TPSA) is 71.3 Å². The third-order valence-electron chi connectivity index (χ3n) is 4.29. The summed E-state index contributed by atoms with van der Waals surface area (Å²) in [5.74, 6) is 2.02. The van der Waals surface area contributed by atoms with Gasteiger partial charge in [0.05, 0.1) is 6.04 Å². The van der Waals surface area contributed by atoms with Gasteiger partial charge in [0.15, 0.2) is 5.82 Å². The van der Waals surface area contributed by atoms with E-state index < -0.39 is 0 Å². The Morgan fingerprint density at radius 2 is 2.29 bits per heavy atom. The standard InChI is InChI=1S/C15H26N4O2/c1-5-12-9-19(14(20)6-2)8-7-13(12)16-10(3)15-17-11(4)18-21-15/h10,12-13,16H,5-9H2,1-4H3/t10-,12-,13+/m1/s1. The van der Waals surface area contributed by atoms with Gasteiger partial charge in [-0.05, 0) is 26.2 Å². The highest BCUT2D eigenvalue weighted by atomic mass is 16.5. The van der Waals surface area contributed by atoms with Gasteiger partial charge in [0.1, 0.15) is 0 Å². The molecule has 0 unspecified atom stereocenters. The molecule has 0 bridgehead atoms. The first-order valence-electron chi connectivity index (χ1n) is 7.89. The first kappa shape index (κ1) is 15.9. The molecule has 118 valence electrons. The minimum absolute atomic E-state index is 0.0404. The highest BCUT2D eigenvalue weighted by Crippen LogP contribution is 2.23. The molecule has 3 atom stereocenters. The van der Waals surface area contributed by atoms with Crippen molar-refractivity contribution in [1.82, 2.24) is 20.4 Å². The molecular formula is C15H26N4O2. The molecule has 0 saturated carbocycles. The van der Waals surface area contributed by atoms with E-state index >= 15 is 0 Å². The van der Waals surface area contributed by atoms with Gasteiger partial charge in [-0.2, -0.15) is 4.98 Å². The molecule has 0 aliphatic carbocycles. The predicted molar refractivity (Wildman–Crippen MR) is 79.6 cm³/mol. The molecule has 2 heterocycles. The third-order valence-corrected chi connectivity index (χ3v) is 4.29. The van der Waals surface area contributed by atoms with Gasteiger partial charge in [0.2, 0.25) is 11.8 Å². The zero-order valence-electron chi connectivity index (χ0n) is 13.4. The van der Waals surface area contributed by atoms with Crippen molar-refractivity contribution in [2.75, 3.05) is 13.1 Å². The lowest BCUT2D eigenvalue weighted by Gasteiger charge is -2.39. The van der Waals surface area contributed by atoms with Crippen LogP contribution in [-0.4, -0.2) is 40.1 Å². The van der Waals surface area contributed by atoms with Crippen molar-refractivity contribution in [3.8, 4) is 0 Å². The van der Waals surface area contributed by atoms with Gasteiger partial charge in [-0.15, -0.1) is 0 Å². The fourth-order valence-corrected chi connectivity index (χ4v) is 3.00. The first-order valence-corrected chi connectivity index (χ1v) is 7.89. The summed E-state index contributed by atoms with van der Waals surface area (Å²) in [5, 5.41) is 7.43. The summed E-state index contributed by atoms with van der Waals surface area (Å²) in [7, 11) is 0.